The molecule has 0 spiro atoms. The monoisotopic (exact) mass is 366 g/mol. The number of hydrogen-bond acceptors (Lipinski definition) is 3. The van der Waals surface area contributed by atoms with Crippen LogP contribution in [-0.2, 0) is 16.0 Å². The zero-order chi connectivity index (χ0) is 18.2. The standard InChI is InChI=1S/C17H13F3N2O2S/c1-25(23,24)12-7-8-13(14(9-12)11-5-3-2-4-6-11)15-10-21-16(22-15)17(18,19)20/h2-10H,1H3,(H,21,22). The molecule has 8 heteroatoms. The molecule has 0 atom stereocenters. The van der Waals surface area contributed by atoms with E-state index in [2.05, 4.69) is 9.97 Å². The number of halogens is 3. The molecule has 0 unspecified atom stereocenters. The summed E-state index contributed by atoms with van der Waals surface area (Å²) in [6.45, 7) is 0. The van der Waals surface area contributed by atoms with Gasteiger partial charge in [0.2, 0.25) is 5.82 Å². The van der Waals surface area contributed by atoms with Crippen LogP contribution in [0.2, 0.25) is 0 Å². The second-order valence-electron chi connectivity index (χ2n) is 5.49. The lowest BCUT2D eigenvalue weighted by molar-refractivity contribution is -0.144. The molecule has 1 N–H and O–H groups in total. The number of alkyl halides is 3. The zero-order valence-corrected chi connectivity index (χ0v) is 13.8. The van der Waals surface area contributed by atoms with Crippen molar-refractivity contribution in [2.75, 3.05) is 6.26 Å². The van der Waals surface area contributed by atoms with E-state index in [9.17, 15) is 21.6 Å². The lowest BCUT2D eigenvalue weighted by atomic mass is 9.98. The summed E-state index contributed by atoms with van der Waals surface area (Å²) in [5.41, 5.74) is 1.78. The Morgan fingerprint density at radius 1 is 1.00 bits per heavy atom. The highest BCUT2D eigenvalue weighted by molar-refractivity contribution is 7.90. The molecule has 3 rings (SSSR count). The number of benzene rings is 2. The summed E-state index contributed by atoms with van der Waals surface area (Å²) < 4.78 is 62.0. The van der Waals surface area contributed by atoms with Crippen molar-refractivity contribution in [3.8, 4) is 22.4 Å². The number of aromatic nitrogens is 2. The van der Waals surface area contributed by atoms with Crippen molar-refractivity contribution in [2.24, 2.45) is 0 Å². The first-order chi connectivity index (χ1) is 11.7. The number of aromatic amines is 1. The number of hydrogen-bond donors (Lipinski definition) is 1. The number of nitrogens with one attached hydrogen (secondary N) is 1. The van der Waals surface area contributed by atoms with Crippen LogP contribution in [0.15, 0.2) is 59.6 Å². The van der Waals surface area contributed by atoms with E-state index >= 15 is 0 Å². The van der Waals surface area contributed by atoms with Crippen LogP contribution in [0.4, 0.5) is 13.2 Å². The first-order valence-corrected chi connectivity index (χ1v) is 9.07. The van der Waals surface area contributed by atoms with Crippen LogP contribution in [0.25, 0.3) is 22.4 Å². The summed E-state index contributed by atoms with van der Waals surface area (Å²) in [4.78, 5) is 5.71. The van der Waals surface area contributed by atoms with Gasteiger partial charge in [0.25, 0.3) is 0 Å². The molecule has 0 aliphatic rings. The second-order valence-corrected chi connectivity index (χ2v) is 7.50. The van der Waals surface area contributed by atoms with Gasteiger partial charge in [0, 0.05) is 11.8 Å². The predicted octanol–water partition coefficient (Wildman–Crippen LogP) is 4.17. The van der Waals surface area contributed by atoms with Crippen molar-refractivity contribution in [3.63, 3.8) is 0 Å². The van der Waals surface area contributed by atoms with Crippen molar-refractivity contribution < 1.29 is 21.6 Å². The summed E-state index contributed by atoms with van der Waals surface area (Å²) in [5, 5.41) is 0. The minimum Gasteiger partial charge on any atom is -0.334 e. The van der Waals surface area contributed by atoms with Crippen LogP contribution < -0.4 is 0 Å². The Morgan fingerprint density at radius 3 is 2.24 bits per heavy atom. The maximum Gasteiger partial charge on any atom is 0.449 e. The molecule has 3 aromatic rings. The number of sulfone groups is 1. The summed E-state index contributed by atoms with van der Waals surface area (Å²) in [6, 6.07) is 13.1. The first-order valence-electron chi connectivity index (χ1n) is 7.18. The normalized spacial score (nSPS) is 12.3. The highest BCUT2D eigenvalue weighted by Crippen LogP contribution is 2.35. The van der Waals surface area contributed by atoms with Gasteiger partial charge in [-0.3, -0.25) is 0 Å². The van der Waals surface area contributed by atoms with Crippen molar-refractivity contribution in [1.82, 2.24) is 9.97 Å². The summed E-state index contributed by atoms with van der Waals surface area (Å²) in [6.07, 6.45) is -2.42. The van der Waals surface area contributed by atoms with Crippen molar-refractivity contribution >= 4 is 9.84 Å². The topological polar surface area (TPSA) is 62.8 Å². The molecule has 0 radical (unpaired) electrons. The van der Waals surface area contributed by atoms with Gasteiger partial charge in [0.05, 0.1) is 16.8 Å². The third kappa shape index (κ3) is 3.58. The van der Waals surface area contributed by atoms with Gasteiger partial charge in [-0.25, -0.2) is 13.4 Å². The van der Waals surface area contributed by atoms with E-state index in [0.29, 0.717) is 16.7 Å². The molecule has 0 saturated carbocycles. The Balaban J connectivity index is 2.21. The van der Waals surface area contributed by atoms with Gasteiger partial charge in [0.1, 0.15) is 0 Å². The fraction of sp³-hybridized carbons (Fsp3) is 0.118. The molecule has 130 valence electrons. The van der Waals surface area contributed by atoms with E-state index < -0.39 is 21.8 Å². The minimum absolute atomic E-state index is 0.0886. The van der Waals surface area contributed by atoms with Crippen molar-refractivity contribution in [3.05, 3.63) is 60.6 Å². The SMILES string of the molecule is CS(=O)(=O)c1ccc(-c2cnc(C(F)(F)F)[nH]2)c(-c2ccccc2)c1. The lowest BCUT2D eigenvalue weighted by Crippen LogP contribution is -2.07. The third-order valence-corrected chi connectivity index (χ3v) is 4.75. The number of rotatable bonds is 3. The van der Waals surface area contributed by atoms with Gasteiger partial charge in [-0.2, -0.15) is 13.2 Å². The van der Waals surface area contributed by atoms with Gasteiger partial charge in [-0.05, 0) is 23.3 Å². The highest BCUT2D eigenvalue weighted by Gasteiger charge is 2.34. The highest BCUT2D eigenvalue weighted by atomic mass is 32.2. The summed E-state index contributed by atoms with van der Waals surface area (Å²) in [5.74, 6) is -1.10. The Labute approximate surface area is 142 Å². The van der Waals surface area contributed by atoms with E-state index in [-0.39, 0.29) is 10.6 Å². The van der Waals surface area contributed by atoms with E-state index in [1.54, 1.807) is 30.3 Å². The maximum absolute atomic E-state index is 12.8. The van der Waals surface area contributed by atoms with Crippen LogP contribution in [-0.4, -0.2) is 24.6 Å². The molecule has 4 nitrogen and oxygen atoms in total. The van der Waals surface area contributed by atoms with Crippen molar-refractivity contribution in [1.29, 1.82) is 0 Å². The lowest BCUT2D eigenvalue weighted by Gasteiger charge is -2.11. The number of H-pyrrole nitrogens is 1. The average Bonchev–Trinajstić information content (AvgIpc) is 3.04. The number of imidazole rings is 1. The fourth-order valence-electron chi connectivity index (χ4n) is 2.45. The van der Waals surface area contributed by atoms with E-state index in [0.717, 1.165) is 12.5 Å². The quantitative estimate of drug-likeness (QED) is 0.757. The van der Waals surface area contributed by atoms with Crippen LogP contribution >= 0.6 is 0 Å². The van der Waals surface area contributed by atoms with Crippen LogP contribution in [0.3, 0.4) is 0 Å². The molecule has 0 amide bonds. The molecule has 2 aromatic carbocycles. The molecule has 0 fully saturated rings. The van der Waals surface area contributed by atoms with Gasteiger partial charge >= 0.3 is 6.18 Å². The Morgan fingerprint density at radius 2 is 1.68 bits per heavy atom. The molecule has 0 aliphatic heterocycles. The largest absolute Gasteiger partial charge is 0.449 e. The summed E-state index contributed by atoms with van der Waals surface area (Å²) >= 11 is 0. The smallest absolute Gasteiger partial charge is 0.334 e. The number of nitrogens with zero attached hydrogens (tertiary/aromatic N) is 1. The molecule has 25 heavy (non-hydrogen) atoms. The van der Waals surface area contributed by atoms with Crippen LogP contribution in [0, 0.1) is 0 Å². The fourth-order valence-corrected chi connectivity index (χ4v) is 3.09. The van der Waals surface area contributed by atoms with Gasteiger partial charge < -0.3 is 4.98 Å². The average molecular weight is 366 g/mol. The summed E-state index contributed by atoms with van der Waals surface area (Å²) in [7, 11) is -3.46. The molecular weight excluding hydrogens is 353 g/mol. The Hall–Kier alpha value is -2.61. The van der Waals surface area contributed by atoms with Gasteiger partial charge in [-0.15, -0.1) is 0 Å². The molecule has 0 bridgehead atoms. The Kier molecular flexibility index (Phi) is 4.16. The maximum atomic E-state index is 12.8. The molecule has 1 aromatic heterocycles. The van der Waals surface area contributed by atoms with Gasteiger partial charge in [0.15, 0.2) is 9.84 Å². The molecule has 0 aliphatic carbocycles. The predicted molar refractivity (Wildman–Crippen MR) is 87.6 cm³/mol. The van der Waals surface area contributed by atoms with E-state index in [1.807, 2.05) is 0 Å². The molecule has 1 heterocycles. The minimum atomic E-state index is -4.59. The van der Waals surface area contributed by atoms with Crippen molar-refractivity contribution in [2.45, 2.75) is 11.1 Å². The zero-order valence-electron chi connectivity index (χ0n) is 13.0. The third-order valence-electron chi connectivity index (χ3n) is 3.64. The molecule has 0 saturated heterocycles. The second kappa shape index (κ2) is 6.03. The van der Waals surface area contributed by atoms with Crippen LogP contribution in [0.5, 0.6) is 0 Å². The van der Waals surface area contributed by atoms with E-state index in [4.69, 9.17) is 0 Å². The van der Waals surface area contributed by atoms with E-state index in [1.165, 1.54) is 18.2 Å². The van der Waals surface area contributed by atoms with Gasteiger partial charge in [-0.1, -0.05) is 36.4 Å². The first kappa shape index (κ1) is 17.2. The Bertz CT molecular complexity index is 1010. The van der Waals surface area contributed by atoms with Crippen LogP contribution in [0.1, 0.15) is 5.82 Å². The molecular formula is C17H13F3N2O2S.